The van der Waals surface area contributed by atoms with Crippen LogP contribution in [-0.2, 0) is 19.6 Å². The van der Waals surface area contributed by atoms with Crippen molar-refractivity contribution in [2.24, 2.45) is 0 Å². The van der Waals surface area contributed by atoms with Crippen LogP contribution in [0.3, 0.4) is 0 Å². The zero-order valence-corrected chi connectivity index (χ0v) is 16.9. The Hall–Kier alpha value is -1.62. The van der Waals surface area contributed by atoms with Crippen LogP contribution < -0.4 is 0 Å². The minimum atomic E-state index is -3.84. The maximum atomic E-state index is 13.3. The summed E-state index contributed by atoms with van der Waals surface area (Å²) in [5.41, 5.74) is 0.924. The van der Waals surface area contributed by atoms with Crippen molar-refractivity contribution < 1.29 is 17.9 Å². The van der Waals surface area contributed by atoms with Crippen LogP contribution in [0.15, 0.2) is 23.1 Å². The van der Waals surface area contributed by atoms with Crippen LogP contribution in [-0.4, -0.2) is 70.2 Å². The topological polar surface area (TPSA) is 92.7 Å². The summed E-state index contributed by atoms with van der Waals surface area (Å²) >= 11 is 0.984. The van der Waals surface area contributed by atoms with Crippen molar-refractivity contribution >= 4 is 38.7 Å². The molecular weight excluding hydrogens is 388 g/mol. The molecule has 0 saturated carbocycles. The second kappa shape index (κ2) is 7.08. The van der Waals surface area contributed by atoms with E-state index >= 15 is 0 Å². The lowest BCUT2D eigenvalue weighted by Crippen LogP contribution is -2.54. The third-order valence-electron chi connectivity index (χ3n) is 5.06. The van der Waals surface area contributed by atoms with Gasteiger partial charge in [0.1, 0.15) is 22.0 Å². The summed E-state index contributed by atoms with van der Waals surface area (Å²) in [6.07, 6.45) is 1.08. The van der Waals surface area contributed by atoms with E-state index in [-0.39, 0.29) is 23.0 Å². The molecule has 0 N–H and O–H groups in total. The summed E-state index contributed by atoms with van der Waals surface area (Å²) in [6, 6.07) is 4.27. The Morgan fingerprint density at radius 3 is 2.70 bits per heavy atom. The minimum Gasteiger partial charge on any atom is -0.372 e. The molecule has 10 heteroatoms. The second-order valence-corrected chi connectivity index (χ2v) is 9.55. The Balaban J connectivity index is 1.64. The molecule has 2 fully saturated rings. The molecule has 8 nitrogen and oxygen atoms in total. The first-order valence-corrected chi connectivity index (χ1v) is 11.2. The summed E-state index contributed by atoms with van der Waals surface area (Å²) in [5.74, 6) is -0.137. The fourth-order valence-corrected chi connectivity index (χ4v) is 6.36. The lowest BCUT2D eigenvalue weighted by atomic mass is 10.1. The van der Waals surface area contributed by atoms with Crippen LogP contribution in [0.1, 0.15) is 26.7 Å². The van der Waals surface area contributed by atoms with E-state index in [2.05, 4.69) is 8.75 Å². The van der Waals surface area contributed by atoms with Gasteiger partial charge in [-0.2, -0.15) is 13.1 Å². The molecule has 146 valence electrons. The minimum absolute atomic E-state index is 0.0565. The van der Waals surface area contributed by atoms with Gasteiger partial charge in [0.2, 0.25) is 15.9 Å². The molecule has 2 saturated heterocycles. The SMILES string of the molecule is C[C@@H]1CN(C(=O)[C@@H]2CCCN2S(=O)(=O)c2cccc3nsnc23)C[C@@H](C)O1. The van der Waals surface area contributed by atoms with Gasteiger partial charge >= 0.3 is 0 Å². The Morgan fingerprint density at radius 2 is 1.96 bits per heavy atom. The molecular formula is C17H22N4O4S2. The Labute approximate surface area is 162 Å². The van der Waals surface area contributed by atoms with E-state index in [0.29, 0.717) is 43.5 Å². The van der Waals surface area contributed by atoms with Gasteiger partial charge in [0.15, 0.2) is 0 Å². The number of sulfonamides is 1. The van der Waals surface area contributed by atoms with Gasteiger partial charge in [-0.05, 0) is 38.8 Å². The molecule has 1 aromatic heterocycles. The van der Waals surface area contributed by atoms with Gasteiger partial charge in [0.25, 0.3) is 0 Å². The lowest BCUT2D eigenvalue weighted by molar-refractivity contribution is -0.146. The van der Waals surface area contributed by atoms with Gasteiger partial charge < -0.3 is 9.64 Å². The molecule has 1 aromatic carbocycles. The third-order valence-corrected chi connectivity index (χ3v) is 7.54. The number of morpholine rings is 1. The summed E-state index contributed by atoms with van der Waals surface area (Å²) in [6.45, 7) is 5.16. The van der Waals surface area contributed by atoms with Crippen LogP contribution >= 0.6 is 11.7 Å². The normalized spacial score (nSPS) is 27.3. The van der Waals surface area contributed by atoms with Crippen LogP contribution in [0, 0.1) is 0 Å². The highest BCUT2D eigenvalue weighted by Crippen LogP contribution is 2.31. The maximum absolute atomic E-state index is 13.3. The number of fused-ring (bicyclic) bond motifs is 1. The van der Waals surface area contributed by atoms with Crippen LogP contribution in [0.5, 0.6) is 0 Å². The van der Waals surface area contributed by atoms with E-state index in [4.69, 9.17) is 4.74 Å². The molecule has 2 aliphatic heterocycles. The monoisotopic (exact) mass is 410 g/mol. The van der Waals surface area contributed by atoms with E-state index in [9.17, 15) is 13.2 Å². The van der Waals surface area contributed by atoms with Gasteiger partial charge in [0.05, 0.1) is 23.9 Å². The quantitative estimate of drug-likeness (QED) is 0.761. The predicted molar refractivity (Wildman–Crippen MR) is 101 cm³/mol. The number of hydrogen-bond donors (Lipinski definition) is 0. The first-order valence-electron chi connectivity index (χ1n) is 9.05. The van der Waals surface area contributed by atoms with Crippen molar-refractivity contribution in [3.8, 4) is 0 Å². The largest absolute Gasteiger partial charge is 0.372 e. The number of rotatable bonds is 3. The van der Waals surface area contributed by atoms with E-state index in [0.717, 1.165) is 11.7 Å². The number of amides is 1. The van der Waals surface area contributed by atoms with Gasteiger partial charge in [-0.3, -0.25) is 4.79 Å². The smallest absolute Gasteiger partial charge is 0.246 e. The third kappa shape index (κ3) is 3.35. The summed E-state index contributed by atoms with van der Waals surface area (Å²) in [4.78, 5) is 15.0. The van der Waals surface area contributed by atoms with Crippen molar-refractivity contribution in [3.63, 3.8) is 0 Å². The maximum Gasteiger partial charge on any atom is 0.246 e. The average Bonchev–Trinajstić information content (AvgIpc) is 3.29. The highest BCUT2D eigenvalue weighted by Gasteiger charge is 2.43. The number of hydrogen-bond acceptors (Lipinski definition) is 7. The van der Waals surface area contributed by atoms with Gasteiger partial charge in [-0.15, -0.1) is 0 Å². The predicted octanol–water partition coefficient (Wildman–Crippen LogP) is 1.48. The Bertz CT molecular complexity index is 951. The fourth-order valence-electron chi connectivity index (χ4n) is 3.96. The standard InChI is InChI=1S/C17H22N4O4S2/c1-11-9-20(10-12(2)25-11)17(22)14-6-4-8-21(14)27(23,24)15-7-3-5-13-16(15)19-26-18-13/h3,5,7,11-12,14H,4,6,8-10H2,1-2H3/t11-,12-,14+/m1/s1. The van der Waals surface area contributed by atoms with E-state index in [1.54, 1.807) is 17.0 Å². The molecule has 4 rings (SSSR count). The molecule has 0 spiro atoms. The van der Waals surface area contributed by atoms with Crippen molar-refractivity contribution in [1.29, 1.82) is 0 Å². The number of nitrogens with zero attached hydrogens (tertiary/aromatic N) is 4. The van der Waals surface area contributed by atoms with Crippen molar-refractivity contribution in [3.05, 3.63) is 18.2 Å². The molecule has 2 aromatic rings. The van der Waals surface area contributed by atoms with Crippen LogP contribution in [0.2, 0.25) is 0 Å². The van der Waals surface area contributed by atoms with Gasteiger partial charge in [0, 0.05) is 19.6 Å². The highest BCUT2D eigenvalue weighted by molar-refractivity contribution is 7.89. The average molecular weight is 411 g/mol. The zero-order valence-electron chi connectivity index (χ0n) is 15.2. The molecule has 0 unspecified atom stereocenters. The molecule has 27 heavy (non-hydrogen) atoms. The van der Waals surface area contributed by atoms with E-state index in [1.807, 2.05) is 13.8 Å². The number of benzene rings is 1. The first kappa shape index (κ1) is 18.7. The Kier molecular flexibility index (Phi) is 4.91. The zero-order chi connectivity index (χ0) is 19.2. The van der Waals surface area contributed by atoms with Crippen molar-refractivity contribution in [2.45, 2.75) is 49.8 Å². The van der Waals surface area contributed by atoms with E-state index < -0.39 is 16.1 Å². The summed E-state index contributed by atoms with van der Waals surface area (Å²) in [7, 11) is -3.84. The highest BCUT2D eigenvalue weighted by atomic mass is 32.2. The molecule has 0 aliphatic carbocycles. The lowest BCUT2D eigenvalue weighted by Gasteiger charge is -2.37. The molecule has 1 amide bonds. The molecule has 0 radical (unpaired) electrons. The van der Waals surface area contributed by atoms with Crippen molar-refractivity contribution in [1.82, 2.24) is 18.0 Å². The van der Waals surface area contributed by atoms with Crippen molar-refractivity contribution in [2.75, 3.05) is 19.6 Å². The van der Waals surface area contributed by atoms with Gasteiger partial charge in [-0.1, -0.05) is 6.07 Å². The van der Waals surface area contributed by atoms with Gasteiger partial charge in [-0.25, -0.2) is 8.42 Å². The molecule has 3 atom stereocenters. The number of aromatic nitrogens is 2. The summed E-state index contributed by atoms with van der Waals surface area (Å²) < 4.78 is 42.0. The first-order chi connectivity index (χ1) is 12.9. The second-order valence-electron chi connectivity index (χ2n) is 7.16. The van der Waals surface area contributed by atoms with E-state index in [1.165, 1.54) is 10.4 Å². The number of carbonyl (C=O) groups is 1. The summed E-state index contributed by atoms with van der Waals surface area (Å²) in [5, 5.41) is 0. The van der Waals surface area contributed by atoms with Crippen LogP contribution in [0.4, 0.5) is 0 Å². The molecule has 3 heterocycles. The fraction of sp³-hybridized carbons (Fsp3) is 0.588. The molecule has 0 bridgehead atoms. The Morgan fingerprint density at radius 1 is 1.22 bits per heavy atom. The molecule has 2 aliphatic rings. The number of carbonyl (C=O) groups excluding carboxylic acids is 1. The number of ether oxygens (including phenoxy) is 1. The van der Waals surface area contributed by atoms with Crippen LogP contribution in [0.25, 0.3) is 11.0 Å².